The third-order valence-electron chi connectivity index (χ3n) is 10.8. The predicted molar refractivity (Wildman–Crippen MR) is 141 cm³/mol. The quantitative estimate of drug-likeness (QED) is 0.273. The summed E-state index contributed by atoms with van der Waals surface area (Å²) >= 11 is 0. The molecule has 0 aromatic heterocycles. The molecule has 32 heavy (non-hydrogen) atoms. The highest BCUT2D eigenvalue weighted by molar-refractivity contribution is 6.69. The second-order valence-corrected chi connectivity index (χ2v) is 18.8. The first-order valence-corrected chi connectivity index (χ1v) is 17.7. The van der Waals surface area contributed by atoms with Crippen molar-refractivity contribution in [2.24, 2.45) is 46.3 Å². The summed E-state index contributed by atoms with van der Waals surface area (Å²) in [6.07, 6.45) is 18.8. The van der Waals surface area contributed by atoms with Gasteiger partial charge < -0.3 is 4.43 Å². The predicted octanol–water partition coefficient (Wildman–Crippen LogP) is 9.25. The van der Waals surface area contributed by atoms with Gasteiger partial charge in [-0.1, -0.05) is 65.5 Å². The molecule has 0 spiro atoms. The molecule has 0 aromatic rings. The van der Waals surface area contributed by atoms with Crippen molar-refractivity contribution in [2.45, 2.75) is 131 Å². The molecule has 0 bridgehead atoms. The van der Waals surface area contributed by atoms with E-state index >= 15 is 0 Å². The summed E-state index contributed by atoms with van der Waals surface area (Å²) < 4.78 is 6.58. The van der Waals surface area contributed by atoms with Crippen molar-refractivity contribution in [3.05, 3.63) is 11.6 Å². The van der Waals surface area contributed by atoms with E-state index in [1.54, 1.807) is 5.57 Å². The highest BCUT2D eigenvalue weighted by atomic mass is 28.4. The summed E-state index contributed by atoms with van der Waals surface area (Å²) in [5.74, 6) is 5.61. The van der Waals surface area contributed by atoms with E-state index in [2.05, 4.69) is 60.3 Å². The molecule has 8 atom stereocenters. The fourth-order valence-corrected chi connectivity index (χ4v) is 10.5. The standard InChI is InChI=1S/C30H54OSi/c1-21(2)10-9-11-22(3)26-14-15-27-25-13-12-23-20-24(31-32(6,7)8)16-18-29(23,4)28(25)17-19-30(26,27)5/h12,21-22,24-28H,9-11,13-20H2,1-8H3/t22-,24-,25+,26-,27+,28+,29+,30-/m1/s1. The van der Waals surface area contributed by atoms with Gasteiger partial charge in [0.15, 0.2) is 8.32 Å². The van der Waals surface area contributed by atoms with E-state index in [1.807, 2.05) is 0 Å². The van der Waals surface area contributed by atoms with Crippen LogP contribution in [0.3, 0.4) is 0 Å². The molecule has 0 radical (unpaired) electrons. The van der Waals surface area contributed by atoms with Crippen LogP contribution >= 0.6 is 0 Å². The van der Waals surface area contributed by atoms with Crippen molar-refractivity contribution < 1.29 is 4.43 Å². The maximum atomic E-state index is 6.58. The molecule has 0 aromatic carbocycles. The Kier molecular flexibility index (Phi) is 7.17. The van der Waals surface area contributed by atoms with Gasteiger partial charge in [0.1, 0.15) is 0 Å². The summed E-state index contributed by atoms with van der Waals surface area (Å²) in [6.45, 7) is 19.8. The van der Waals surface area contributed by atoms with Crippen molar-refractivity contribution in [3.63, 3.8) is 0 Å². The topological polar surface area (TPSA) is 9.23 Å². The molecule has 0 saturated heterocycles. The number of fused-ring (bicyclic) bond motifs is 5. The minimum absolute atomic E-state index is 0.463. The SMILES string of the molecule is CC(C)CCC[C@@H](C)[C@H]1CC[C@H]2[C@@H]3CC=C4C[C@H](O[Si](C)(C)C)CC[C@]4(C)[C@H]3CC[C@]12C. The normalized spacial score (nSPS) is 42.8. The average molecular weight is 459 g/mol. The van der Waals surface area contributed by atoms with Gasteiger partial charge in [0, 0.05) is 6.10 Å². The van der Waals surface area contributed by atoms with Gasteiger partial charge in [-0.15, -0.1) is 0 Å². The van der Waals surface area contributed by atoms with Gasteiger partial charge in [0.25, 0.3) is 0 Å². The minimum Gasteiger partial charge on any atom is -0.414 e. The Labute approximate surface area is 201 Å². The molecule has 184 valence electrons. The Hall–Kier alpha value is -0.0831. The molecule has 0 N–H and O–H groups in total. The van der Waals surface area contributed by atoms with Crippen molar-refractivity contribution in [1.29, 1.82) is 0 Å². The zero-order valence-corrected chi connectivity index (χ0v) is 23.8. The fraction of sp³-hybridized carbons (Fsp3) is 0.933. The Morgan fingerprint density at radius 1 is 0.969 bits per heavy atom. The van der Waals surface area contributed by atoms with E-state index < -0.39 is 8.32 Å². The molecular formula is C30H54OSi. The van der Waals surface area contributed by atoms with Crippen LogP contribution in [-0.4, -0.2) is 14.4 Å². The molecule has 0 unspecified atom stereocenters. The first kappa shape index (κ1) is 25.0. The fourth-order valence-electron chi connectivity index (χ4n) is 9.25. The van der Waals surface area contributed by atoms with Crippen molar-refractivity contribution in [2.75, 3.05) is 0 Å². The zero-order valence-electron chi connectivity index (χ0n) is 22.8. The van der Waals surface area contributed by atoms with Gasteiger partial charge in [0.05, 0.1) is 0 Å². The lowest BCUT2D eigenvalue weighted by atomic mass is 9.47. The summed E-state index contributed by atoms with van der Waals surface area (Å²) in [4.78, 5) is 0. The Bertz CT molecular complexity index is 689. The Morgan fingerprint density at radius 3 is 2.41 bits per heavy atom. The average Bonchev–Trinajstić information content (AvgIpc) is 3.04. The molecule has 0 amide bonds. The number of hydrogen-bond acceptors (Lipinski definition) is 1. The summed E-state index contributed by atoms with van der Waals surface area (Å²) in [6, 6.07) is 0. The van der Waals surface area contributed by atoms with Gasteiger partial charge in [0.2, 0.25) is 0 Å². The molecule has 1 nitrogen and oxygen atoms in total. The molecule has 2 heteroatoms. The third kappa shape index (κ3) is 4.71. The molecule has 0 aliphatic heterocycles. The van der Waals surface area contributed by atoms with E-state index in [4.69, 9.17) is 4.43 Å². The van der Waals surface area contributed by atoms with Gasteiger partial charge >= 0.3 is 0 Å². The van der Waals surface area contributed by atoms with E-state index in [-0.39, 0.29) is 0 Å². The monoisotopic (exact) mass is 458 g/mol. The lowest BCUT2D eigenvalue weighted by Crippen LogP contribution is -2.51. The maximum Gasteiger partial charge on any atom is 0.184 e. The number of allylic oxidation sites excluding steroid dienone is 1. The van der Waals surface area contributed by atoms with Crippen LogP contribution in [-0.2, 0) is 4.43 Å². The van der Waals surface area contributed by atoms with Crippen LogP contribution < -0.4 is 0 Å². The van der Waals surface area contributed by atoms with E-state index in [1.165, 1.54) is 70.6 Å². The molecule has 4 aliphatic rings. The van der Waals surface area contributed by atoms with Gasteiger partial charge in [-0.3, -0.25) is 0 Å². The first-order valence-electron chi connectivity index (χ1n) is 14.3. The summed E-state index contributed by atoms with van der Waals surface area (Å²) in [5.41, 5.74) is 2.86. The van der Waals surface area contributed by atoms with Gasteiger partial charge in [-0.05, 0) is 117 Å². The van der Waals surface area contributed by atoms with Crippen LogP contribution in [0.15, 0.2) is 11.6 Å². The second kappa shape index (κ2) is 9.18. The smallest absolute Gasteiger partial charge is 0.184 e. The lowest BCUT2D eigenvalue weighted by molar-refractivity contribution is -0.0563. The molecule has 3 saturated carbocycles. The van der Waals surface area contributed by atoms with Crippen molar-refractivity contribution in [3.8, 4) is 0 Å². The molecule has 3 fully saturated rings. The maximum absolute atomic E-state index is 6.58. The van der Waals surface area contributed by atoms with E-state index in [9.17, 15) is 0 Å². The van der Waals surface area contributed by atoms with Gasteiger partial charge in [-0.25, -0.2) is 0 Å². The van der Waals surface area contributed by atoms with Gasteiger partial charge in [-0.2, -0.15) is 0 Å². The Morgan fingerprint density at radius 2 is 1.72 bits per heavy atom. The van der Waals surface area contributed by atoms with Crippen LogP contribution in [0.2, 0.25) is 19.6 Å². The summed E-state index contributed by atoms with van der Waals surface area (Å²) in [7, 11) is -1.45. The molecule has 4 aliphatic carbocycles. The van der Waals surface area contributed by atoms with Crippen LogP contribution in [0.4, 0.5) is 0 Å². The highest BCUT2D eigenvalue weighted by Gasteiger charge is 2.59. The zero-order chi connectivity index (χ0) is 23.3. The highest BCUT2D eigenvalue weighted by Crippen LogP contribution is 2.67. The van der Waals surface area contributed by atoms with Crippen LogP contribution in [0.5, 0.6) is 0 Å². The molecule has 0 heterocycles. The second-order valence-electron chi connectivity index (χ2n) is 14.4. The van der Waals surface area contributed by atoms with Crippen molar-refractivity contribution >= 4 is 8.32 Å². The minimum atomic E-state index is -1.45. The van der Waals surface area contributed by atoms with E-state index in [0.717, 1.165) is 35.5 Å². The lowest BCUT2D eigenvalue weighted by Gasteiger charge is -2.58. The van der Waals surface area contributed by atoms with E-state index in [0.29, 0.717) is 16.9 Å². The molecular weight excluding hydrogens is 404 g/mol. The first-order chi connectivity index (χ1) is 14.9. The Balaban J connectivity index is 1.46. The largest absolute Gasteiger partial charge is 0.414 e. The van der Waals surface area contributed by atoms with Crippen LogP contribution in [0.1, 0.15) is 105 Å². The third-order valence-corrected chi connectivity index (χ3v) is 11.8. The summed E-state index contributed by atoms with van der Waals surface area (Å²) in [5, 5.41) is 0. The van der Waals surface area contributed by atoms with Crippen molar-refractivity contribution in [1.82, 2.24) is 0 Å². The van der Waals surface area contributed by atoms with Crippen LogP contribution in [0, 0.1) is 46.3 Å². The van der Waals surface area contributed by atoms with Crippen LogP contribution in [0.25, 0.3) is 0 Å². The molecule has 4 rings (SSSR count). The number of rotatable bonds is 7. The number of hydrogen-bond donors (Lipinski definition) is 0.